The minimum absolute atomic E-state index is 0.0657. The highest BCUT2D eigenvalue weighted by Gasteiger charge is 2.18. The summed E-state index contributed by atoms with van der Waals surface area (Å²) in [5.41, 5.74) is 0.563. The summed E-state index contributed by atoms with van der Waals surface area (Å²) in [6.07, 6.45) is 7.90. The van der Waals surface area contributed by atoms with E-state index >= 15 is 0 Å². The van der Waals surface area contributed by atoms with E-state index in [1.807, 2.05) is 0 Å². The fourth-order valence-electron chi connectivity index (χ4n) is 3.31. The molecule has 1 saturated carbocycles. The Hall–Kier alpha value is -1.80. The number of benzene rings is 1. The van der Waals surface area contributed by atoms with Crippen molar-refractivity contribution in [3.8, 4) is 5.75 Å². The van der Waals surface area contributed by atoms with Gasteiger partial charge in [-0.3, -0.25) is 9.10 Å². The van der Waals surface area contributed by atoms with Crippen LogP contribution in [0.3, 0.4) is 0 Å². The van der Waals surface area contributed by atoms with Crippen molar-refractivity contribution in [2.24, 2.45) is 0 Å². The number of carbonyl (C=O) groups is 1. The second-order valence-electron chi connectivity index (χ2n) is 7.12. The van der Waals surface area contributed by atoms with Gasteiger partial charge in [0, 0.05) is 26.1 Å². The van der Waals surface area contributed by atoms with E-state index in [1.54, 1.807) is 31.4 Å². The molecule has 0 atom stereocenters. The van der Waals surface area contributed by atoms with Crippen LogP contribution in [0.1, 0.15) is 44.9 Å². The molecule has 1 N–H and O–H groups in total. The number of amides is 1. The van der Waals surface area contributed by atoms with Crippen LogP contribution < -0.4 is 14.4 Å². The maximum atomic E-state index is 12.1. The highest BCUT2D eigenvalue weighted by Crippen LogP contribution is 2.22. The van der Waals surface area contributed by atoms with Crippen molar-refractivity contribution in [1.82, 2.24) is 5.32 Å². The molecule has 158 valence electrons. The van der Waals surface area contributed by atoms with Crippen molar-refractivity contribution >= 4 is 21.6 Å². The first-order chi connectivity index (χ1) is 13.4. The predicted molar refractivity (Wildman–Crippen MR) is 110 cm³/mol. The molecular formula is C20H32N2O5S. The Morgan fingerprint density at radius 1 is 1.18 bits per heavy atom. The van der Waals surface area contributed by atoms with Crippen LogP contribution in [0.4, 0.5) is 5.69 Å². The number of rotatable bonds is 12. The van der Waals surface area contributed by atoms with Gasteiger partial charge in [0.25, 0.3) is 0 Å². The number of anilines is 1. The van der Waals surface area contributed by atoms with Gasteiger partial charge in [0.1, 0.15) is 5.75 Å². The lowest BCUT2D eigenvalue weighted by Gasteiger charge is -2.22. The molecule has 1 aliphatic rings. The molecule has 1 aromatic rings. The number of hydrogen-bond acceptors (Lipinski definition) is 5. The first-order valence-corrected chi connectivity index (χ1v) is 11.7. The van der Waals surface area contributed by atoms with E-state index in [4.69, 9.17) is 9.47 Å². The molecule has 0 aliphatic heterocycles. The molecule has 0 saturated heterocycles. The van der Waals surface area contributed by atoms with Crippen molar-refractivity contribution in [3.63, 3.8) is 0 Å². The highest BCUT2D eigenvalue weighted by molar-refractivity contribution is 7.92. The van der Waals surface area contributed by atoms with E-state index in [9.17, 15) is 13.2 Å². The Kier molecular flexibility index (Phi) is 9.05. The van der Waals surface area contributed by atoms with Gasteiger partial charge in [-0.1, -0.05) is 12.8 Å². The SMILES string of the molecule is COc1ccc(N(CCCC(=O)NCCCOC2CCCC2)S(C)(=O)=O)cc1. The monoisotopic (exact) mass is 412 g/mol. The van der Waals surface area contributed by atoms with E-state index in [0.717, 1.165) is 19.3 Å². The average molecular weight is 413 g/mol. The van der Waals surface area contributed by atoms with E-state index in [2.05, 4.69) is 5.32 Å². The van der Waals surface area contributed by atoms with Gasteiger partial charge in [-0.2, -0.15) is 0 Å². The van der Waals surface area contributed by atoms with Gasteiger partial charge in [-0.15, -0.1) is 0 Å². The molecular weight excluding hydrogens is 380 g/mol. The van der Waals surface area contributed by atoms with E-state index in [-0.39, 0.29) is 18.9 Å². The summed E-state index contributed by atoms with van der Waals surface area (Å²) in [6.45, 7) is 1.51. The van der Waals surface area contributed by atoms with Crippen molar-refractivity contribution in [2.45, 2.75) is 51.0 Å². The van der Waals surface area contributed by atoms with Crippen LogP contribution in [0.15, 0.2) is 24.3 Å². The fraction of sp³-hybridized carbons (Fsp3) is 0.650. The minimum Gasteiger partial charge on any atom is -0.497 e. The maximum Gasteiger partial charge on any atom is 0.232 e. The molecule has 0 heterocycles. The fourth-order valence-corrected chi connectivity index (χ4v) is 4.28. The molecule has 1 amide bonds. The minimum atomic E-state index is -3.42. The number of sulfonamides is 1. The predicted octanol–water partition coefficient (Wildman–Crippen LogP) is 2.71. The Morgan fingerprint density at radius 2 is 1.86 bits per heavy atom. The molecule has 0 radical (unpaired) electrons. The first-order valence-electron chi connectivity index (χ1n) is 9.90. The lowest BCUT2D eigenvalue weighted by molar-refractivity contribution is -0.121. The Morgan fingerprint density at radius 3 is 2.46 bits per heavy atom. The lowest BCUT2D eigenvalue weighted by Crippen LogP contribution is -2.32. The van der Waals surface area contributed by atoms with Crippen molar-refractivity contribution in [3.05, 3.63) is 24.3 Å². The number of hydrogen-bond donors (Lipinski definition) is 1. The topological polar surface area (TPSA) is 84.9 Å². The molecule has 0 bridgehead atoms. The van der Waals surface area contributed by atoms with Gasteiger partial charge in [-0.05, 0) is 49.9 Å². The molecule has 1 fully saturated rings. The maximum absolute atomic E-state index is 12.1. The zero-order chi connectivity index (χ0) is 20.4. The summed E-state index contributed by atoms with van der Waals surface area (Å²) in [6, 6.07) is 6.83. The van der Waals surface area contributed by atoms with Gasteiger partial charge < -0.3 is 14.8 Å². The largest absolute Gasteiger partial charge is 0.497 e. The molecule has 0 spiro atoms. The second kappa shape index (κ2) is 11.3. The standard InChI is InChI=1S/C20H32N2O5S/c1-26-18-12-10-17(11-13-18)22(28(2,24)25)15-5-9-20(23)21-14-6-16-27-19-7-3-4-8-19/h10-13,19H,3-9,14-16H2,1-2H3,(H,21,23). The second-order valence-corrected chi connectivity index (χ2v) is 9.02. The molecule has 2 rings (SSSR count). The summed E-state index contributed by atoms with van der Waals surface area (Å²) in [5, 5.41) is 2.87. The van der Waals surface area contributed by atoms with E-state index < -0.39 is 10.0 Å². The zero-order valence-electron chi connectivity index (χ0n) is 16.9. The number of methoxy groups -OCH3 is 1. The van der Waals surface area contributed by atoms with E-state index in [0.29, 0.717) is 37.1 Å². The van der Waals surface area contributed by atoms with Crippen molar-refractivity contribution < 1.29 is 22.7 Å². The number of ether oxygens (including phenoxy) is 2. The summed E-state index contributed by atoms with van der Waals surface area (Å²) in [7, 11) is -1.87. The smallest absolute Gasteiger partial charge is 0.232 e. The summed E-state index contributed by atoms with van der Waals surface area (Å²) in [5.74, 6) is 0.595. The molecule has 1 aliphatic carbocycles. The number of carbonyl (C=O) groups excluding carboxylic acids is 1. The summed E-state index contributed by atoms with van der Waals surface area (Å²) < 4.78 is 36.4. The lowest BCUT2D eigenvalue weighted by atomic mass is 10.2. The average Bonchev–Trinajstić information content (AvgIpc) is 3.17. The molecule has 1 aromatic carbocycles. The van der Waals surface area contributed by atoms with Crippen LogP contribution in [0.25, 0.3) is 0 Å². The number of nitrogens with one attached hydrogen (secondary N) is 1. The van der Waals surface area contributed by atoms with Crippen LogP contribution >= 0.6 is 0 Å². The summed E-state index contributed by atoms with van der Waals surface area (Å²) in [4.78, 5) is 12.0. The van der Waals surface area contributed by atoms with Gasteiger partial charge in [0.15, 0.2) is 0 Å². The summed E-state index contributed by atoms with van der Waals surface area (Å²) >= 11 is 0. The van der Waals surface area contributed by atoms with Gasteiger partial charge in [0.05, 0.1) is 25.2 Å². The zero-order valence-corrected chi connectivity index (χ0v) is 17.7. The number of nitrogens with zero attached hydrogens (tertiary/aromatic N) is 1. The van der Waals surface area contributed by atoms with Gasteiger partial charge in [-0.25, -0.2) is 8.42 Å². The van der Waals surface area contributed by atoms with Crippen LogP contribution in [-0.4, -0.2) is 53.5 Å². The Balaban J connectivity index is 1.68. The molecule has 0 aromatic heterocycles. The van der Waals surface area contributed by atoms with Crippen molar-refractivity contribution in [1.29, 1.82) is 0 Å². The Labute approximate surface area is 168 Å². The van der Waals surface area contributed by atoms with Crippen molar-refractivity contribution in [2.75, 3.05) is 37.4 Å². The molecule has 8 heteroatoms. The van der Waals surface area contributed by atoms with Crippen LogP contribution in [0, 0.1) is 0 Å². The highest BCUT2D eigenvalue weighted by atomic mass is 32.2. The van der Waals surface area contributed by atoms with Crippen LogP contribution in [0.2, 0.25) is 0 Å². The van der Waals surface area contributed by atoms with E-state index in [1.165, 1.54) is 23.4 Å². The molecule has 7 nitrogen and oxygen atoms in total. The van der Waals surface area contributed by atoms with Crippen LogP contribution in [0.5, 0.6) is 5.75 Å². The molecule has 0 unspecified atom stereocenters. The van der Waals surface area contributed by atoms with Crippen LogP contribution in [-0.2, 0) is 19.6 Å². The Bertz CT molecular complexity index is 700. The quantitative estimate of drug-likeness (QED) is 0.534. The van der Waals surface area contributed by atoms with Gasteiger partial charge >= 0.3 is 0 Å². The third kappa shape index (κ3) is 7.67. The molecule has 28 heavy (non-hydrogen) atoms. The van der Waals surface area contributed by atoms with Gasteiger partial charge in [0.2, 0.25) is 15.9 Å². The third-order valence-corrected chi connectivity index (χ3v) is 6.02. The normalized spacial score (nSPS) is 14.8. The third-order valence-electron chi connectivity index (χ3n) is 4.82. The first kappa shape index (κ1) is 22.5.